The van der Waals surface area contributed by atoms with Gasteiger partial charge in [-0.25, -0.2) is 4.39 Å². The lowest BCUT2D eigenvalue weighted by Gasteiger charge is -2.35. The average molecular weight is 343 g/mol. The standard InChI is InChI=1S/C19H22FN3O2/c1-14-8-10-23(19(25)11-14)13-18(24)21-15-5-4-9-22(12-15)17-7-3-2-6-16(17)20/h2-3,6-8,10-11,15H,4-5,9,12-13H2,1H3,(H,21,24). The van der Waals surface area contributed by atoms with Crippen LogP contribution in [-0.4, -0.2) is 29.6 Å². The molecule has 1 saturated heterocycles. The van der Waals surface area contributed by atoms with Gasteiger partial charge in [0.05, 0.1) is 5.69 Å². The normalized spacial score (nSPS) is 17.4. The lowest BCUT2D eigenvalue weighted by molar-refractivity contribution is -0.122. The monoisotopic (exact) mass is 343 g/mol. The SMILES string of the molecule is Cc1ccn(CC(=O)NC2CCCN(c3ccccc3F)C2)c(=O)c1. The summed E-state index contributed by atoms with van der Waals surface area (Å²) in [7, 11) is 0. The summed E-state index contributed by atoms with van der Waals surface area (Å²) < 4.78 is 15.3. The Morgan fingerprint density at radius 1 is 1.32 bits per heavy atom. The molecule has 0 radical (unpaired) electrons. The number of anilines is 1. The quantitative estimate of drug-likeness (QED) is 0.925. The van der Waals surface area contributed by atoms with Crippen LogP contribution in [0, 0.1) is 12.7 Å². The number of piperidine rings is 1. The van der Waals surface area contributed by atoms with Gasteiger partial charge < -0.3 is 14.8 Å². The number of halogens is 1. The molecule has 1 unspecified atom stereocenters. The van der Waals surface area contributed by atoms with E-state index in [-0.39, 0.29) is 29.9 Å². The molecule has 1 amide bonds. The van der Waals surface area contributed by atoms with E-state index < -0.39 is 0 Å². The highest BCUT2D eigenvalue weighted by Crippen LogP contribution is 2.22. The first-order valence-electron chi connectivity index (χ1n) is 8.49. The Labute approximate surface area is 146 Å². The smallest absolute Gasteiger partial charge is 0.251 e. The minimum Gasteiger partial charge on any atom is -0.367 e. The molecule has 0 spiro atoms. The first kappa shape index (κ1) is 17.2. The summed E-state index contributed by atoms with van der Waals surface area (Å²) in [6.07, 6.45) is 3.35. The van der Waals surface area contributed by atoms with Crippen molar-refractivity contribution in [3.8, 4) is 0 Å². The number of nitrogens with one attached hydrogen (secondary N) is 1. The first-order valence-corrected chi connectivity index (χ1v) is 8.49. The van der Waals surface area contributed by atoms with Gasteiger partial charge >= 0.3 is 0 Å². The number of aromatic nitrogens is 1. The Hall–Kier alpha value is -2.63. The highest BCUT2D eigenvalue weighted by atomic mass is 19.1. The number of para-hydroxylation sites is 1. The molecule has 2 heterocycles. The van der Waals surface area contributed by atoms with Crippen molar-refractivity contribution in [2.45, 2.75) is 32.4 Å². The number of aryl methyl sites for hydroxylation is 1. The molecule has 1 aliphatic heterocycles. The average Bonchev–Trinajstić information content (AvgIpc) is 2.58. The highest BCUT2D eigenvalue weighted by molar-refractivity contribution is 5.76. The van der Waals surface area contributed by atoms with E-state index >= 15 is 0 Å². The van der Waals surface area contributed by atoms with Crippen molar-refractivity contribution in [3.63, 3.8) is 0 Å². The number of pyridine rings is 1. The molecule has 1 N–H and O–H groups in total. The maximum Gasteiger partial charge on any atom is 0.251 e. The van der Waals surface area contributed by atoms with Crippen molar-refractivity contribution in [1.82, 2.24) is 9.88 Å². The second kappa shape index (κ2) is 7.51. The molecule has 25 heavy (non-hydrogen) atoms. The zero-order chi connectivity index (χ0) is 17.8. The minimum absolute atomic E-state index is 0.00465. The van der Waals surface area contributed by atoms with Crippen LogP contribution in [-0.2, 0) is 11.3 Å². The number of hydrogen-bond acceptors (Lipinski definition) is 3. The molecule has 1 atom stereocenters. The van der Waals surface area contributed by atoms with E-state index in [0.29, 0.717) is 12.2 Å². The molecule has 5 nitrogen and oxygen atoms in total. The maximum absolute atomic E-state index is 14.0. The van der Waals surface area contributed by atoms with Crippen LogP contribution < -0.4 is 15.8 Å². The maximum atomic E-state index is 14.0. The van der Waals surface area contributed by atoms with Crippen molar-refractivity contribution in [2.24, 2.45) is 0 Å². The van der Waals surface area contributed by atoms with E-state index in [1.54, 1.807) is 24.4 Å². The molecule has 1 aliphatic rings. The van der Waals surface area contributed by atoms with Gasteiger partial charge in [0, 0.05) is 31.4 Å². The number of amides is 1. The summed E-state index contributed by atoms with van der Waals surface area (Å²) in [4.78, 5) is 26.1. The largest absolute Gasteiger partial charge is 0.367 e. The van der Waals surface area contributed by atoms with E-state index in [1.165, 1.54) is 16.7 Å². The Bertz CT molecular complexity index is 818. The number of benzene rings is 1. The van der Waals surface area contributed by atoms with Crippen molar-refractivity contribution in [3.05, 3.63) is 64.3 Å². The fraction of sp³-hybridized carbons (Fsp3) is 0.368. The van der Waals surface area contributed by atoms with E-state index in [4.69, 9.17) is 0 Å². The predicted octanol–water partition coefficient (Wildman–Crippen LogP) is 2.08. The van der Waals surface area contributed by atoms with Gasteiger partial charge in [-0.1, -0.05) is 12.1 Å². The predicted molar refractivity (Wildman–Crippen MR) is 95.2 cm³/mol. The summed E-state index contributed by atoms with van der Waals surface area (Å²) in [5.41, 5.74) is 1.25. The lowest BCUT2D eigenvalue weighted by atomic mass is 10.0. The van der Waals surface area contributed by atoms with Crippen LogP contribution in [0.15, 0.2) is 47.4 Å². The summed E-state index contributed by atoms with van der Waals surface area (Å²) in [5.74, 6) is -0.452. The fourth-order valence-corrected chi connectivity index (χ4v) is 3.19. The molecule has 0 saturated carbocycles. The zero-order valence-electron chi connectivity index (χ0n) is 14.2. The molecule has 6 heteroatoms. The van der Waals surface area contributed by atoms with Gasteiger partial charge in [0.25, 0.3) is 5.56 Å². The second-order valence-electron chi connectivity index (χ2n) is 6.47. The van der Waals surface area contributed by atoms with Crippen LogP contribution in [0.1, 0.15) is 18.4 Å². The Morgan fingerprint density at radius 3 is 2.88 bits per heavy atom. The van der Waals surface area contributed by atoms with Crippen LogP contribution in [0.25, 0.3) is 0 Å². The summed E-state index contributed by atoms with van der Waals surface area (Å²) in [6.45, 7) is 3.17. The molecule has 1 aromatic carbocycles. The first-order chi connectivity index (χ1) is 12.0. The molecule has 2 aromatic rings. The van der Waals surface area contributed by atoms with Crippen molar-refractivity contribution in [2.75, 3.05) is 18.0 Å². The van der Waals surface area contributed by atoms with Gasteiger partial charge in [-0.05, 0) is 43.5 Å². The third kappa shape index (κ3) is 4.26. The van der Waals surface area contributed by atoms with E-state index in [9.17, 15) is 14.0 Å². The molecule has 132 valence electrons. The van der Waals surface area contributed by atoms with Crippen LogP contribution in [0.4, 0.5) is 10.1 Å². The van der Waals surface area contributed by atoms with Crippen LogP contribution in [0.5, 0.6) is 0 Å². The second-order valence-corrected chi connectivity index (χ2v) is 6.47. The van der Waals surface area contributed by atoms with E-state index in [2.05, 4.69) is 5.32 Å². The summed E-state index contributed by atoms with van der Waals surface area (Å²) >= 11 is 0. The van der Waals surface area contributed by atoms with Gasteiger partial charge in [-0.15, -0.1) is 0 Å². The van der Waals surface area contributed by atoms with Crippen LogP contribution in [0.3, 0.4) is 0 Å². The molecule has 3 rings (SSSR count). The van der Waals surface area contributed by atoms with E-state index in [0.717, 1.165) is 24.9 Å². The fourth-order valence-electron chi connectivity index (χ4n) is 3.19. The Kier molecular flexibility index (Phi) is 5.16. The molecular formula is C19H22FN3O2. The minimum atomic E-state index is -0.249. The highest BCUT2D eigenvalue weighted by Gasteiger charge is 2.23. The number of hydrogen-bond donors (Lipinski definition) is 1. The zero-order valence-corrected chi connectivity index (χ0v) is 14.2. The molecule has 0 bridgehead atoms. The van der Waals surface area contributed by atoms with Crippen LogP contribution in [0.2, 0.25) is 0 Å². The molecule has 1 aromatic heterocycles. The van der Waals surface area contributed by atoms with Gasteiger partial charge in [-0.2, -0.15) is 0 Å². The van der Waals surface area contributed by atoms with Gasteiger partial charge in [-0.3, -0.25) is 9.59 Å². The summed E-state index contributed by atoms with van der Waals surface area (Å²) in [6, 6.07) is 9.93. The third-order valence-corrected chi connectivity index (χ3v) is 4.45. The van der Waals surface area contributed by atoms with Gasteiger partial charge in [0.15, 0.2) is 0 Å². The molecule has 1 fully saturated rings. The Morgan fingerprint density at radius 2 is 2.12 bits per heavy atom. The van der Waals surface area contributed by atoms with E-state index in [1.807, 2.05) is 17.9 Å². The molecular weight excluding hydrogens is 321 g/mol. The van der Waals surface area contributed by atoms with Crippen LogP contribution >= 0.6 is 0 Å². The lowest BCUT2D eigenvalue weighted by Crippen LogP contribution is -2.49. The van der Waals surface area contributed by atoms with Gasteiger partial charge in [0.2, 0.25) is 5.91 Å². The summed E-state index contributed by atoms with van der Waals surface area (Å²) in [5, 5.41) is 2.97. The topological polar surface area (TPSA) is 54.3 Å². The number of carbonyl (C=O) groups is 1. The van der Waals surface area contributed by atoms with Crippen molar-refractivity contribution in [1.29, 1.82) is 0 Å². The number of carbonyl (C=O) groups excluding carboxylic acids is 1. The third-order valence-electron chi connectivity index (χ3n) is 4.45. The van der Waals surface area contributed by atoms with Crippen molar-refractivity contribution < 1.29 is 9.18 Å². The number of nitrogens with zero attached hydrogens (tertiary/aromatic N) is 2. The van der Waals surface area contributed by atoms with Crippen molar-refractivity contribution >= 4 is 11.6 Å². The Balaban J connectivity index is 1.61. The molecule has 0 aliphatic carbocycles. The number of rotatable bonds is 4. The van der Waals surface area contributed by atoms with Gasteiger partial charge in [0.1, 0.15) is 12.4 Å².